The molecule has 102 valence electrons. The molecule has 0 radical (unpaired) electrons. The molecule has 0 aliphatic heterocycles. The minimum atomic E-state index is -0.368. The smallest absolute Gasteiger partial charge is 0.140 e. The SMILES string of the molecule is CCOc1ccc(C(C#N)Nc2cccc(C)c2)cc1. The zero-order valence-corrected chi connectivity index (χ0v) is 11.8. The van der Waals surface area contributed by atoms with Crippen molar-refractivity contribution >= 4 is 5.69 Å². The van der Waals surface area contributed by atoms with Crippen molar-refractivity contribution in [2.75, 3.05) is 11.9 Å². The summed E-state index contributed by atoms with van der Waals surface area (Å²) in [6.45, 7) is 4.62. The highest BCUT2D eigenvalue weighted by atomic mass is 16.5. The molecule has 0 bridgehead atoms. The number of aryl methyl sites for hydroxylation is 1. The summed E-state index contributed by atoms with van der Waals surface area (Å²) in [4.78, 5) is 0. The van der Waals surface area contributed by atoms with Gasteiger partial charge in [-0.15, -0.1) is 0 Å². The number of nitriles is 1. The predicted molar refractivity (Wildman–Crippen MR) is 80.8 cm³/mol. The standard InChI is InChI=1S/C17H18N2O/c1-3-20-16-9-7-14(8-10-16)17(12-18)19-15-6-4-5-13(2)11-15/h4-11,17,19H,3H2,1-2H3. The van der Waals surface area contributed by atoms with Crippen LogP contribution in [0.2, 0.25) is 0 Å². The average molecular weight is 266 g/mol. The first kappa shape index (κ1) is 14.0. The summed E-state index contributed by atoms with van der Waals surface area (Å²) in [5, 5.41) is 12.6. The second-order valence-corrected chi connectivity index (χ2v) is 4.58. The van der Waals surface area contributed by atoms with Crippen molar-refractivity contribution in [3.8, 4) is 11.8 Å². The van der Waals surface area contributed by atoms with Gasteiger partial charge in [-0.3, -0.25) is 0 Å². The molecule has 1 atom stereocenters. The van der Waals surface area contributed by atoms with Gasteiger partial charge in [-0.05, 0) is 49.2 Å². The molecule has 0 saturated carbocycles. The summed E-state index contributed by atoms with van der Waals surface area (Å²) in [7, 11) is 0. The number of nitrogens with zero attached hydrogens (tertiary/aromatic N) is 1. The fraction of sp³-hybridized carbons (Fsp3) is 0.235. The number of rotatable bonds is 5. The maximum Gasteiger partial charge on any atom is 0.140 e. The first-order valence-electron chi connectivity index (χ1n) is 6.68. The molecule has 0 heterocycles. The lowest BCUT2D eigenvalue weighted by Gasteiger charge is -2.14. The molecule has 0 aromatic heterocycles. The zero-order chi connectivity index (χ0) is 14.4. The first-order chi connectivity index (χ1) is 9.72. The normalized spacial score (nSPS) is 11.4. The minimum Gasteiger partial charge on any atom is -0.494 e. The van der Waals surface area contributed by atoms with E-state index < -0.39 is 0 Å². The van der Waals surface area contributed by atoms with Crippen molar-refractivity contribution in [1.29, 1.82) is 5.26 Å². The first-order valence-corrected chi connectivity index (χ1v) is 6.68. The van der Waals surface area contributed by atoms with Gasteiger partial charge in [0.1, 0.15) is 11.8 Å². The Hall–Kier alpha value is -2.47. The molecule has 1 unspecified atom stereocenters. The van der Waals surface area contributed by atoms with Crippen LogP contribution in [-0.4, -0.2) is 6.61 Å². The molecule has 0 amide bonds. The summed E-state index contributed by atoms with van der Waals surface area (Å²) in [6.07, 6.45) is 0. The molecule has 2 rings (SSSR count). The van der Waals surface area contributed by atoms with Crippen molar-refractivity contribution < 1.29 is 4.74 Å². The van der Waals surface area contributed by atoms with Gasteiger partial charge in [0.2, 0.25) is 0 Å². The monoisotopic (exact) mass is 266 g/mol. The van der Waals surface area contributed by atoms with Crippen LogP contribution >= 0.6 is 0 Å². The van der Waals surface area contributed by atoms with Crippen LogP contribution < -0.4 is 10.1 Å². The van der Waals surface area contributed by atoms with Crippen LogP contribution in [0.15, 0.2) is 48.5 Å². The largest absolute Gasteiger partial charge is 0.494 e. The van der Waals surface area contributed by atoms with Gasteiger partial charge in [-0.1, -0.05) is 24.3 Å². The van der Waals surface area contributed by atoms with E-state index in [9.17, 15) is 5.26 Å². The fourth-order valence-corrected chi connectivity index (χ4v) is 2.01. The van der Waals surface area contributed by atoms with E-state index in [-0.39, 0.29) is 6.04 Å². The molecule has 1 N–H and O–H groups in total. The molecule has 3 heteroatoms. The fourth-order valence-electron chi connectivity index (χ4n) is 2.01. The van der Waals surface area contributed by atoms with Crippen molar-refractivity contribution in [2.24, 2.45) is 0 Å². The molecule has 0 aliphatic rings. The van der Waals surface area contributed by atoms with Gasteiger partial charge < -0.3 is 10.1 Å². The lowest BCUT2D eigenvalue weighted by molar-refractivity contribution is 0.340. The van der Waals surface area contributed by atoms with Crippen LogP contribution in [0, 0.1) is 18.3 Å². The molecule has 3 nitrogen and oxygen atoms in total. The van der Waals surface area contributed by atoms with E-state index in [1.165, 1.54) is 5.56 Å². The quantitative estimate of drug-likeness (QED) is 0.887. The number of nitrogens with one attached hydrogen (secondary N) is 1. The Morgan fingerprint density at radius 2 is 1.95 bits per heavy atom. The van der Waals surface area contributed by atoms with Crippen LogP contribution in [0.5, 0.6) is 5.75 Å². The van der Waals surface area contributed by atoms with Crippen molar-refractivity contribution in [3.05, 3.63) is 59.7 Å². The molecule has 20 heavy (non-hydrogen) atoms. The van der Waals surface area contributed by atoms with Gasteiger partial charge in [-0.2, -0.15) is 5.26 Å². The summed E-state index contributed by atoms with van der Waals surface area (Å²) in [6, 6.07) is 17.5. The van der Waals surface area contributed by atoms with Gasteiger partial charge in [0, 0.05) is 5.69 Å². The van der Waals surface area contributed by atoms with Crippen LogP contribution in [-0.2, 0) is 0 Å². The Labute approximate surface area is 119 Å². The summed E-state index contributed by atoms with van der Waals surface area (Å²) in [5.41, 5.74) is 3.04. The van der Waals surface area contributed by atoms with Crippen LogP contribution in [0.1, 0.15) is 24.1 Å². The van der Waals surface area contributed by atoms with E-state index in [0.29, 0.717) is 6.61 Å². The van der Waals surface area contributed by atoms with E-state index in [0.717, 1.165) is 17.0 Å². The molecule has 2 aromatic rings. The van der Waals surface area contributed by atoms with E-state index in [1.54, 1.807) is 0 Å². The van der Waals surface area contributed by atoms with E-state index in [4.69, 9.17) is 4.74 Å². The van der Waals surface area contributed by atoms with Gasteiger partial charge in [0.05, 0.1) is 12.7 Å². The second-order valence-electron chi connectivity index (χ2n) is 4.58. The number of hydrogen-bond acceptors (Lipinski definition) is 3. The Morgan fingerprint density at radius 1 is 1.20 bits per heavy atom. The maximum absolute atomic E-state index is 9.34. The van der Waals surface area contributed by atoms with E-state index in [1.807, 2.05) is 62.4 Å². The molecular weight excluding hydrogens is 248 g/mol. The lowest BCUT2D eigenvalue weighted by atomic mass is 10.1. The topological polar surface area (TPSA) is 45.0 Å². The lowest BCUT2D eigenvalue weighted by Crippen LogP contribution is -2.08. The number of ether oxygens (including phenoxy) is 1. The zero-order valence-electron chi connectivity index (χ0n) is 11.8. The van der Waals surface area contributed by atoms with Gasteiger partial charge >= 0.3 is 0 Å². The van der Waals surface area contributed by atoms with Crippen LogP contribution in [0.4, 0.5) is 5.69 Å². The molecule has 2 aromatic carbocycles. The molecule has 0 fully saturated rings. The molecular formula is C17H18N2O. The molecule has 0 aliphatic carbocycles. The van der Waals surface area contributed by atoms with E-state index >= 15 is 0 Å². The van der Waals surface area contributed by atoms with Crippen molar-refractivity contribution in [3.63, 3.8) is 0 Å². The Morgan fingerprint density at radius 3 is 2.55 bits per heavy atom. The number of benzene rings is 2. The van der Waals surface area contributed by atoms with E-state index in [2.05, 4.69) is 11.4 Å². The third-order valence-corrected chi connectivity index (χ3v) is 2.98. The highest BCUT2D eigenvalue weighted by Crippen LogP contribution is 2.22. The Kier molecular flexibility index (Phi) is 4.62. The highest BCUT2D eigenvalue weighted by Gasteiger charge is 2.10. The van der Waals surface area contributed by atoms with Gasteiger partial charge in [0.25, 0.3) is 0 Å². The third-order valence-electron chi connectivity index (χ3n) is 2.98. The average Bonchev–Trinajstić information content (AvgIpc) is 2.46. The highest BCUT2D eigenvalue weighted by molar-refractivity contribution is 5.49. The van der Waals surface area contributed by atoms with Crippen LogP contribution in [0.25, 0.3) is 0 Å². The van der Waals surface area contributed by atoms with Gasteiger partial charge in [-0.25, -0.2) is 0 Å². The maximum atomic E-state index is 9.34. The summed E-state index contributed by atoms with van der Waals surface area (Å²) in [5.74, 6) is 0.823. The van der Waals surface area contributed by atoms with Crippen molar-refractivity contribution in [1.82, 2.24) is 0 Å². The third kappa shape index (κ3) is 3.52. The Bertz CT molecular complexity index is 599. The number of hydrogen-bond donors (Lipinski definition) is 1. The Balaban J connectivity index is 2.14. The minimum absolute atomic E-state index is 0.368. The van der Waals surface area contributed by atoms with Crippen LogP contribution in [0.3, 0.4) is 0 Å². The molecule has 0 saturated heterocycles. The summed E-state index contributed by atoms with van der Waals surface area (Å²) >= 11 is 0. The molecule has 0 spiro atoms. The van der Waals surface area contributed by atoms with Crippen molar-refractivity contribution in [2.45, 2.75) is 19.9 Å². The summed E-state index contributed by atoms with van der Waals surface area (Å²) < 4.78 is 5.40. The predicted octanol–water partition coefficient (Wildman–Crippen LogP) is 4.07. The van der Waals surface area contributed by atoms with Gasteiger partial charge in [0.15, 0.2) is 0 Å². The number of anilines is 1. The second kappa shape index (κ2) is 6.63.